The smallest absolute Gasteiger partial charge is 0.229 e. The molecule has 3 rings (SSSR count). The van der Waals surface area contributed by atoms with E-state index in [0.717, 1.165) is 43.6 Å². The minimum absolute atomic E-state index is 0. The van der Waals surface area contributed by atoms with E-state index >= 15 is 0 Å². The van der Waals surface area contributed by atoms with E-state index < -0.39 is 5.41 Å². The molecular formula is C20H30ClN3O2. The van der Waals surface area contributed by atoms with Crippen molar-refractivity contribution in [2.24, 2.45) is 16.7 Å². The van der Waals surface area contributed by atoms with Crippen molar-refractivity contribution in [3.8, 4) is 0 Å². The number of halogens is 1. The molecule has 0 bridgehead atoms. The van der Waals surface area contributed by atoms with E-state index in [9.17, 15) is 9.59 Å². The molecule has 26 heavy (non-hydrogen) atoms. The Morgan fingerprint density at radius 2 is 1.81 bits per heavy atom. The highest BCUT2D eigenvalue weighted by Crippen LogP contribution is 2.58. The molecule has 1 unspecified atom stereocenters. The quantitative estimate of drug-likeness (QED) is 0.749. The summed E-state index contributed by atoms with van der Waals surface area (Å²) in [4.78, 5) is 24.8. The topological polar surface area (TPSA) is 70.2 Å². The molecule has 6 heteroatoms. The van der Waals surface area contributed by atoms with Gasteiger partial charge in [-0.05, 0) is 62.4 Å². The van der Waals surface area contributed by atoms with Gasteiger partial charge in [0.2, 0.25) is 11.8 Å². The van der Waals surface area contributed by atoms with Gasteiger partial charge < -0.3 is 16.0 Å². The van der Waals surface area contributed by atoms with Crippen molar-refractivity contribution < 1.29 is 9.59 Å². The molecule has 144 valence electrons. The molecule has 0 aromatic heterocycles. The van der Waals surface area contributed by atoms with Crippen LogP contribution in [0.5, 0.6) is 0 Å². The first-order valence-corrected chi connectivity index (χ1v) is 9.15. The fourth-order valence-corrected chi connectivity index (χ4v) is 3.57. The molecule has 3 N–H and O–H groups in total. The van der Waals surface area contributed by atoms with Crippen LogP contribution in [0.25, 0.3) is 0 Å². The minimum atomic E-state index is -0.455. The summed E-state index contributed by atoms with van der Waals surface area (Å²) in [7, 11) is 0. The maximum Gasteiger partial charge on any atom is 0.229 e. The summed E-state index contributed by atoms with van der Waals surface area (Å²) in [6.45, 7) is 9.63. The lowest BCUT2D eigenvalue weighted by Gasteiger charge is -2.23. The van der Waals surface area contributed by atoms with Gasteiger partial charge in [0.05, 0.1) is 0 Å². The lowest BCUT2D eigenvalue weighted by molar-refractivity contribution is -0.123. The van der Waals surface area contributed by atoms with Gasteiger partial charge in [-0.2, -0.15) is 0 Å². The number of hydrogen-bond acceptors (Lipinski definition) is 3. The number of amides is 2. The van der Waals surface area contributed by atoms with Crippen molar-refractivity contribution in [2.75, 3.05) is 23.7 Å². The highest BCUT2D eigenvalue weighted by Gasteiger charge is 2.57. The summed E-state index contributed by atoms with van der Waals surface area (Å²) in [6.07, 6.45) is 3.18. The van der Waals surface area contributed by atoms with Crippen molar-refractivity contribution in [3.63, 3.8) is 0 Å². The Morgan fingerprint density at radius 3 is 2.42 bits per heavy atom. The SMILES string of the molecule is Cc1ccc(NC(=O)C(C)(C)C)cc1NC(=O)C1CC12CCNCC2.Cl. The summed E-state index contributed by atoms with van der Waals surface area (Å²) >= 11 is 0. The summed E-state index contributed by atoms with van der Waals surface area (Å²) in [5.74, 6) is 0.204. The molecule has 1 aliphatic carbocycles. The van der Waals surface area contributed by atoms with Crippen LogP contribution in [0.15, 0.2) is 18.2 Å². The van der Waals surface area contributed by atoms with Crippen molar-refractivity contribution in [3.05, 3.63) is 23.8 Å². The first-order valence-electron chi connectivity index (χ1n) is 9.15. The Morgan fingerprint density at radius 1 is 1.15 bits per heavy atom. The predicted molar refractivity (Wildman–Crippen MR) is 108 cm³/mol. The van der Waals surface area contributed by atoms with Crippen molar-refractivity contribution in [1.82, 2.24) is 5.32 Å². The summed E-state index contributed by atoms with van der Waals surface area (Å²) in [5, 5.41) is 9.38. The Bertz CT molecular complexity index is 691. The van der Waals surface area contributed by atoms with Crippen LogP contribution in [0.3, 0.4) is 0 Å². The van der Waals surface area contributed by atoms with Crippen LogP contribution in [-0.4, -0.2) is 24.9 Å². The minimum Gasteiger partial charge on any atom is -0.326 e. The Kier molecular flexibility index (Phi) is 6.03. The Hall–Kier alpha value is -1.59. The molecule has 1 atom stereocenters. The molecule has 1 heterocycles. The fourth-order valence-electron chi connectivity index (χ4n) is 3.57. The molecule has 1 aromatic rings. The second kappa shape index (κ2) is 7.57. The third kappa shape index (κ3) is 4.38. The Balaban J connectivity index is 0.00000243. The first kappa shape index (κ1) is 20.7. The lowest BCUT2D eigenvalue weighted by Crippen LogP contribution is -2.31. The zero-order valence-corrected chi connectivity index (χ0v) is 16.9. The number of anilines is 2. The van der Waals surface area contributed by atoms with Gasteiger partial charge >= 0.3 is 0 Å². The van der Waals surface area contributed by atoms with E-state index in [0.29, 0.717) is 5.69 Å². The van der Waals surface area contributed by atoms with Gasteiger partial charge in [-0.3, -0.25) is 9.59 Å². The van der Waals surface area contributed by atoms with Crippen LogP contribution in [0.2, 0.25) is 0 Å². The summed E-state index contributed by atoms with van der Waals surface area (Å²) < 4.78 is 0. The van der Waals surface area contributed by atoms with E-state index in [4.69, 9.17) is 0 Å². The van der Waals surface area contributed by atoms with Crippen LogP contribution < -0.4 is 16.0 Å². The average Bonchev–Trinajstić information content (AvgIpc) is 3.23. The van der Waals surface area contributed by atoms with Crippen LogP contribution in [0.4, 0.5) is 11.4 Å². The van der Waals surface area contributed by atoms with Crippen LogP contribution in [0, 0.1) is 23.7 Å². The number of benzene rings is 1. The average molecular weight is 380 g/mol. The first-order chi connectivity index (χ1) is 11.7. The molecule has 5 nitrogen and oxygen atoms in total. The van der Waals surface area contributed by atoms with E-state index in [1.54, 1.807) is 0 Å². The molecule has 1 aromatic carbocycles. The van der Waals surface area contributed by atoms with Crippen LogP contribution in [-0.2, 0) is 9.59 Å². The zero-order valence-electron chi connectivity index (χ0n) is 16.1. The maximum atomic E-state index is 12.7. The number of aryl methyl sites for hydroxylation is 1. The van der Waals surface area contributed by atoms with Crippen LogP contribution in [0.1, 0.15) is 45.6 Å². The summed E-state index contributed by atoms with van der Waals surface area (Å²) in [6, 6.07) is 5.66. The molecule has 1 saturated heterocycles. The van der Waals surface area contributed by atoms with Gasteiger partial charge in [-0.25, -0.2) is 0 Å². The monoisotopic (exact) mass is 379 g/mol. The predicted octanol–water partition coefficient (Wildman–Crippen LogP) is 3.73. The fraction of sp³-hybridized carbons (Fsp3) is 0.600. The largest absolute Gasteiger partial charge is 0.326 e. The van der Waals surface area contributed by atoms with Crippen molar-refractivity contribution in [2.45, 2.75) is 47.0 Å². The number of carbonyl (C=O) groups excluding carboxylic acids is 2. The lowest BCUT2D eigenvalue weighted by atomic mass is 9.91. The molecule has 1 spiro atoms. The highest BCUT2D eigenvalue weighted by atomic mass is 35.5. The standard InChI is InChI=1S/C20H29N3O2.ClH/c1-13-5-6-14(22-18(25)19(2,3)4)11-16(13)23-17(24)15-12-20(15)7-9-21-10-8-20;/h5-6,11,15,21H,7-10,12H2,1-4H3,(H,22,25)(H,23,24);1H. The third-order valence-electron chi connectivity index (χ3n) is 5.54. The second-order valence-electron chi connectivity index (χ2n) is 8.59. The third-order valence-corrected chi connectivity index (χ3v) is 5.54. The molecular weight excluding hydrogens is 350 g/mol. The number of hydrogen-bond donors (Lipinski definition) is 3. The van der Waals surface area contributed by atoms with Gasteiger partial charge in [-0.15, -0.1) is 12.4 Å². The van der Waals surface area contributed by atoms with E-state index in [2.05, 4.69) is 16.0 Å². The maximum absolute atomic E-state index is 12.7. The second-order valence-corrected chi connectivity index (χ2v) is 8.59. The van der Waals surface area contributed by atoms with Crippen molar-refractivity contribution in [1.29, 1.82) is 0 Å². The highest BCUT2D eigenvalue weighted by molar-refractivity contribution is 5.98. The summed E-state index contributed by atoms with van der Waals surface area (Å²) in [5.41, 5.74) is 2.27. The molecule has 0 radical (unpaired) electrons. The number of rotatable bonds is 3. The van der Waals surface area contributed by atoms with Gasteiger partial charge in [-0.1, -0.05) is 26.8 Å². The zero-order chi connectivity index (χ0) is 18.2. The number of nitrogens with one attached hydrogen (secondary N) is 3. The molecule has 2 amide bonds. The number of carbonyl (C=O) groups is 2. The normalized spacial score (nSPS) is 20.8. The van der Waals surface area contributed by atoms with Crippen molar-refractivity contribution >= 4 is 35.6 Å². The van der Waals surface area contributed by atoms with E-state index in [-0.39, 0.29) is 35.6 Å². The van der Waals surface area contributed by atoms with Crippen LogP contribution >= 0.6 is 12.4 Å². The molecule has 2 fully saturated rings. The van der Waals surface area contributed by atoms with E-state index in [1.165, 1.54) is 0 Å². The van der Waals surface area contributed by atoms with Gasteiger partial charge in [0.25, 0.3) is 0 Å². The Labute approximate surface area is 162 Å². The van der Waals surface area contributed by atoms with Gasteiger partial charge in [0, 0.05) is 22.7 Å². The molecule has 2 aliphatic rings. The van der Waals surface area contributed by atoms with Gasteiger partial charge in [0.15, 0.2) is 0 Å². The molecule has 1 saturated carbocycles. The number of piperidine rings is 1. The molecule has 1 aliphatic heterocycles. The van der Waals surface area contributed by atoms with E-state index in [1.807, 2.05) is 45.9 Å². The van der Waals surface area contributed by atoms with Gasteiger partial charge in [0.1, 0.15) is 0 Å².